The molecule has 2 aromatic rings. The third-order valence-electron chi connectivity index (χ3n) is 5.32. The quantitative estimate of drug-likeness (QED) is 0.736. The molecular weight excluding hydrogens is 352 g/mol. The summed E-state index contributed by atoms with van der Waals surface area (Å²) < 4.78 is 11.5. The molecule has 1 amide bonds. The van der Waals surface area contributed by atoms with E-state index in [4.69, 9.17) is 9.47 Å². The van der Waals surface area contributed by atoms with Gasteiger partial charge in [0, 0.05) is 25.7 Å². The third kappa shape index (κ3) is 5.12. The van der Waals surface area contributed by atoms with Crippen molar-refractivity contribution in [3.05, 3.63) is 65.7 Å². The Bertz CT molecular complexity index is 740. The molecule has 2 aromatic carbocycles. The fourth-order valence-corrected chi connectivity index (χ4v) is 3.57. The Morgan fingerprint density at radius 1 is 1.11 bits per heavy atom. The molecule has 1 heterocycles. The number of rotatable bonds is 8. The molecule has 1 atom stereocenters. The highest BCUT2D eigenvalue weighted by atomic mass is 16.5. The zero-order chi connectivity index (χ0) is 19.8. The van der Waals surface area contributed by atoms with Gasteiger partial charge < -0.3 is 20.1 Å². The van der Waals surface area contributed by atoms with Crippen LogP contribution in [-0.2, 0) is 21.7 Å². The van der Waals surface area contributed by atoms with Crippen molar-refractivity contribution in [2.75, 3.05) is 26.8 Å². The number of carbonyl (C=O) groups excluding carboxylic acids is 1. The molecule has 28 heavy (non-hydrogen) atoms. The molecule has 3 rings (SSSR count). The van der Waals surface area contributed by atoms with Crippen LogP contribution in [0.1, 0.15) is 30.9 Å². The molecule has 5 nitrogen and oxygen atoms in total. The average molecular weight is 383 g/mol. The maximum atomic E-state index is 12.7. The van der Waals surface area contributed by atoms with E-state index in [-0.39, 0.29) is 17.4 Å². The lowest BCUT2D eigenvalue weighted by Crippen LogP contribution is -2.51. The van der Waals surface area contributed by atoms with Crippen LogP contribution >= 0.6 is 0 Å². The molecule has 2 N–H and O–H groups in total. The van der Waals surface area contributed by atoms with E-state index in [0.29, 0.717) is 26.4 Å². The summed E-state index contributed by atoms with van der Waals surface area (Å²) in [5.41, 5.74) is 1.86. The van der Waals surface area contributed by atoms with Crippen molar-refractivity contribution in [3.8, 4) is 5.75 Å². The van der Waals surface area contributed by atoms with Crippen LogP contribution in [-0.4, -0.2) is 32.7 Å². The van der Waals surface area contributed by atoms with E-state index in [0.717, 1.165) is 29.7 Å². The Morgan fingerprint density at radius 2 is 1.79 bits per heavy atom. The summed E-state index contributed by atoms with van der Waals surface area (Å²) in [6.07, 6.45) is 1.55. The van der Waals surface area contributed by atoms with Crippen LogP contribution in [0.25, 0.3) is 0 Å². The van der Waals surface area contributed by atoms with Crippen LogP contribution in [0.2, 0.25) is 0 Å². The molecule has 0 radical (unpaired) electrons. The lowest BCUT2D eigenvalue weighted by atomic mass is 9.82. The van der Waals surface area contributed by atoms with Crippen LogP contribution in [0.15, 0.2) is 54.6 Å². The molecule has 5 heteroatoms. The lowest BCUT2D eigenvalue weighted by Gasteiger charge is -2.39. The van der Waals surface area contributed by atoms with E-state index in [1.165, 1.54) is 0 Å². The summed E-state index contributed by atoms with van der Waals surface area (Å²) in [7, 11) is 1.86. The maximum absolute atomic E-state index is 12.7. The maximum Gasteiger partial charge on any atom is 0.224 e. The molecule has 1 aliphatic heterocycles. The highest BCUT2D eigenvalue weighted by molar-refractivity contribution is 5.79. The lowest BCUT2D eigenvalue weighted by molar-refractivity contribution is -0.127. The van der Waals surface area contributed by atoms with Gasteiger partial charge in [-0.25, -0.2) is 0 Å². The molecule has 1 fully saturated rings. The first-order chi connectivity index (χ1) is 13.6. The van der Waals surface area contributed by atoms with Crippen LogP contribution < -0.4 is 15.4 Å². The normalized spacial score (nSPS) is 16.9. The predicted octanol–water partition coefficient (Wildman–Crippen LogP) is 3.24. The zero-order valence-corrected chi connectivity index (χ0v) is 16.7. The summed E-state index contributed by atoms with van der Waals surface area (Å²) in [4.78, 5) is 12.7. The minimum Gasteiger partial charge on any atom is -0.489 e. The minimum atomic E-state index is -0.380. The number of carbonyl (C=O) groups is 1. The van der Waals surface area contributed by atoms with Gasteiger partial charge in [-0.05, 0) is 43.1 Å². The number of hydrogen-bond donors (Lipinski definition) is 2. The molecule has 1 aliphatic rings. The Hall–Kier alpha value is -2.37. The molecule has 1 saturated heterocycles. The number of benzene rings is 2. The molecule has 0 aromatic heterocycles. The Morgan fingerprint density at radius 3 is 2.43 bits per heavy atom. The first-order valence-electron chi connectivity index (χ1n) is 9.94. The molecular formula is C23H30N2O3. The van der Waals surface area contributed by atoms with E-state index in [1.54, 1.807) is 0 Å². The SMILES string of the molecule is CNCC(C)C(=O)NC1(c2ccc(OCc3ccccc3)cc2)CCOCC1. The second-order valence-corrected chi connectivity index (χ2v) is 7.44. The van der Waals surface area contributed by atoms with Crippen LogP contribution in [0.4, 0.5) is 0 Å². The topological polar surface area (TPSA) is 59.6 Å². The minimum absolute atomic E-state index is 0.0701. The Labute approximate surface area is 167 Å². The molecule has 1 unspecified atom stereocenters. The summed E-state index contributed by atoms with van der Waals surface area (Å²) >= 11 is 0. The van der Waals surface area contributed by atoms with Gasteiger partial charge in [-0.15, -0.1) is 0 Å². The van der Waals surface area contributed by atoms with E-state index in [2.05, 4.69) is 22.8 Å². The number of nitrogens with one attached hydrogen (secondary N) is 2. The summed E-state index contributed by atoms with van der Waals surface area (Å²) in [6.45, 7) is 4.43. The van der Waals surface area contributed by atoms with Gasteiger partial charge >= 0.3 is 0 Å². The van der Waals surface area contributed by atoms with Gasteiger partial charge in [-0.3, -0.25) is 4.79 Å². The van der Waals surface area contributed by atoms with E-state index < -0.39 is 0 Å². The number of ether oxygens (including phenoxy) is 2. The first kappa shape index (κ1) is 20.4. The predicted molar refractivity (Wildman–Crippen MR) is 110 cm³/mol. The van der Waals surface area contributed by atoms with Crippen molar-refractivity contribution in [2.45, 2.75) is 31.9 Å². The smallest absolute Gasteiger partial charge is 0.224 e. The molecule has 0 spiro atoms. The van der Waals surface area contributed by atoms with Crippen molar-refractivity contribution in [1.29, 1.82) is 0 Å². The third-order valence-corrected chi connectivity index (χ3v) is 5.32. The van der Waals surface area contributed by atoms with E-state index in [1.807, 2.05) is 56.4 Å². The standard InChI is InChI=1S/C23H30N2O3/c1-18(16-24-2)22(26)25-23(12-14-27-15-13-23)20-8-10-21(11-9-20)28-17-19-6-4-3-5-7-19/h3-11,18,24H,12-17H2,1-2H3,(H,25,26). The summed E-state index contributed by atoms with van der Waals surface area (Å²) in [5, 5.41) is 6.38. The second kappa shape index (κ2) is 9.71. The van der Waals surface area contributed by atoms with Gasteiger partial charge in [0.1, 0.15) is 12.4 Å². The first-order valence-corrected chi connectivity index (χ1v) is 9.94. The van der Waals surface area contributed by atoms with Gasteiger partial charge in [0.2, 0.25) is 5.91 Å². The van der Waals surface area contributed by atoms with Crippen LogP contribution in [0.5, 0.6) is 5.75 Å². The number of amides is 1. The zero-order valence-electron chi connectivity index (χ0n) is 16.7. The fraction of sp³-hybridized carbons (Fsp3) is 0.435. The molecule has 0 aliphatic carbocycles. The van der Waals surface area contributed by atoms with Gasteiger partial charge in [0.05, 0.1) is 5.54 Å². The van der Waals surface area contributed by atoms with Crippen molar-refractivity contribution in [2.24, 2.45) is 5.92 Å². The molecule has 0 saturated carbocycles. The van der Waals surface area contributed by atoms with Crippen molar-refractivity contribution >= 4 is 5.91 Å². The van der Waals surface area contributed by atoms with E-state index >= 15 is 0 Å². The number of hydrogen-bond acceptors (Lipinski definition) is 4. The second-order valence-electron chi connectivity index (χ2n) is 7.44. The van der Waals surface area contributed by atoms with Gasteiger partial charge in [0.15, 0.2) is 0 Å². The van der Waals surface area contributed by atoms with E-state index in [9.17, 15) is 4.79 Å². The summed E-state index contributed by atoms with van der Waals surface area (Å²) in [5.74, 6) is 0.809. The van der Waals surface area contributed by atoms with Crippen LogP contribution in [0.3, 0.4) is 0 Å². The van der Waals surface area contributed by atoms with Crippen molar-refractivity contribution in [1.82, 2.24) is 10.6 Å². The van der Waals surface area contributed by atoms with Crippen LogP contribution in [0, 0.1) is 5.92 Å². The Balaban J connectivity index is 1.70. The van der Waals surface area contributed by atoms with Gasteiger partial charge in [0.25, 0.3) is 0 Å². The molecule has 150 valence electrons. The van der Waals surface area contributed by atoms with Gasteiger partial charge in [-0.1, -0.05) is 49.4 Å². The fourth-order valence-electron chi connectivity index (χ4n) is 3.57. The summed E-state index contributed by atoms with van der Waals surface area (Å²) in [6, 6.07) is 18.2. The Kier molecular flexibility index (Phi) is 7.06. The largest absolute Gasteiger partial charge is 0.489 e. The van der Waals surface area contributed by atoms with Crippen molar-refractivity contribution < 1.29 is 14.3 Å². The van der Waals surface area contributed by atoms with Crippen molar-refractivity contribution in [3.63, 3.8) is 0 Å². The highest BCUT2D eigenvalue weighted by Crippen LogP contribution is 2.33. The average Bonchev–Trinajstić information content (AvgIpc) is 2.74. The monoisotopic (exact) mass is 382 g/mol. The highest BCUT2D eigenvalue weighted by Gasteiger charge is 2.36. The molecule has 0 bridgehead atoms. The van der Waals surface area contributed by atoms with Gasteiger partial charge in [-0.2, -0.15) is 0 Å².